The number of nitro benzene ring substituents is 1. The number of esters is 1. The number of ether oxygens (including phenoxy) is 1. The maximum Gasteiger partial charge on any atom is 0.337 e. The van der Waals surface area contributed by atoms with Gasteiger partial charge in [-0.2, -0.15) is 0 Å². The second kappa shape index (κ2) is 8.79. The van der Waals surface area contributed by atoms with Crippen LogP contribution in [0.4, 0.5) is 11.4 Å². The molecule has 0 amide bonds. The fourth-order valence-corrected chi connectivity index (χ4v) is 2.82. The predicted octanol–water partition coefficient (Wildman–Crippen LogP) is 4.43. The van der Waals surface area contributed by atoms with E-state index in [1.54, 1.807) is 30.3 Å². The summed E-state index contributed by atoms with van der Waals surface area (Å²) in [6.45, 7) is 0. The van der Waals surface area contributed by atoms with E-state index in [-0.39, 0.29) is 11.3 Å². The molecule has 0 aliphatic rings. The molecule has 0 radical (unpaired) electrons. The number of hydrogen-bond donors (Lipinski definition) is 1. The van der Waals surface area contributed by atoms with Crippen LogP contribution in [0.3, 0.4) is 0 Å². The molecule has 7 nitrogen and oxygen atoms in total. The zero-order chi connectivity index (χ0) is 20.8. The molecule has 29 heavy (non-hydrogen) atoms. The molecule has 0 bridgehead atoms. The largest absolute Gasteiger partial charge is 0.502 e. The van der Waals surface area contributed by atoms with E-state index in [1.165, 1.54) is 19.4 Å². The van der Waals surface area contributed by atoms with E-state index in [0.29, 0.717) is 23.2 Å². The highest BCUT2D eigenvalue weighted by atomic mass is 16.6. The number of aliphatic imine (C=N–C) groups is 1. The number of benzene rings is 3. The lowest BCUT2D eigenvalue weighted by molar-refractivity contribution is -0.385. The molecule has 0 saturated carbocycles. The van der Waals surface area contributed by atoms with Crippen LogP contribution in [0, 0.1) is 10.1 Å². The van der Waals surface area contributed by atoms with Crippen LogP contribution in [0.25, 0.3) is 0 Å². The first-order valence-corrected chi connectivity index (χ1v) is 8.74. The summed E-state index contributed by atoms with van der Waals surface area (Å²) in [6.07, 6.45) is 1.85. The van der Waals surface area contributed by atoms with Crippen molar-refractivity contribution < 1.29 is 19.6 Å². The van der Waals surface area contributed by atoms with Crippen LogP contribution in [0.2, 0.25) is 0 Å². The first-order valence-electron chi connectivity index (χ1n) is 8.74. The Hall–Kier alpha value is -4.00. The van der Waals surface area contributed by atoms with Crippen LogP contribution in [0.15, 0.2) is 71.7 Å². The molecular formula is C22H18N2O5. The topological polar surface area (TPSA) is 102 Å². The van der Waals surface area contributed by atoms with Gasteiger partial charge >= 0.3 is 11.7 Å². The van der Waals surface area contributed by atoms with E-state index < -0.39 is 16.6 Å². The van der Waals surface area contributed by atoms with Gasteiger partial charge in [-0.05, 0) is 47.9 Å². The fourth-order valence-electron chi connectivity index (χ4n) is 2.82. The second-order valence-electron chi connectivity index (χ2n) is 6.27. The van der Waals surface area contributed by atoms with Gasteiger partial charge in [-0.1, -0.05) is 30.3 Å². The van der Waals surface area contributed by atoms with Crippen molar-refractivity contribution in [2.75, 3.05) is 7.11 Å². The van der Waals surface area contributed by atoms with Crippen molar-refractivity contribution >= 4 is 23.6 Å². The summed E-state index contributed by atoms with van der Waals surface area (Å²) in [4.78, 5) is 26.5. The van der Waals surface area contributed by atoms with Crippen molar-refractivity contribution in [2.24, 2.45) is 4.99 Å². The van der Waals surface area contributed by atoms with Crippen molar-refractivity contribution in [2.45, 2.75) is 6.42 Å². The summed E-state index contributed by atoms with van der Waals surface area (Å²) in [5.41, 5.74) is 2.45. The summed E-state index contributed by atoms with van der Waals surface area (Å²) in [5, 5.41) is 21.6. The third kappa shape index (κ3) is 4.84. The average molecular weight is 390 g/mol. The van der Waals surface area contributed by atoms with E-state index in [4.69, 9.17) is 0 Å². The molecule has 0 aliphatic heterocycles. The molecule has 0 saturated heterocycles. The minimum absolute atomic E-state index is 0.238. The van der Waals surface area contributed by atoms with Gasteiger partial charge in [0, 0.05) is 17.8 Å². The van der Waals surface area contributed by atoms with Crippen LogP contribution < -0.4 is 0 Å². The standard InChI is InChI=1S/C22H18N2O5/c1-29-22(26)17-7-9-19(10-8-17)23-14-18-12-16(11-15-5-3-2-4-6-15)13-20(21(18)25)24(27)28/h2-10,12-14,25H,11H2,1H3. The molecule has 0 aromatic heterocycles. The zero-order valence-electron chi connectivity index (χ0n) is 15.6. The van der Waals surface area contributed by atoms with Gasteiger partial charge in [0.05, 0.1) is 23.3 Å². The van der Waals surface area contributed by atoms with Crippen molar-refractivity contribution in [3.05, 3.63) is 99.1 Å². The number of aromatic hydroxyl groups is 1. The normalized spacial score (nSPS) is 10.8. The summed E-state index contributed by atoms with van der Waals surface area (Å²) >= 11 is 0. The number of carbonyl (C=O) groups excluding carboxylic acids is 1. The molecule has 3 aromatic rings. The molecule has 0 spiro atoms. The number of hydrogen-bond acceptors (Lipinski definition) is 6. The highest BCUT2D eigenvalue weighted by molar-refractivity contribution is 5.90. The second-order valence-corrected chi connectivity index (χ2v) is 6.27. The van der Waals surface area contributed by atoms with Crippen molar-refractivity contribution in [3.8, 4) is 5.75 Å². The number of nitro groups is 1. The molecular weight excluding hydrogens is 372 g/mol. The molecule has 0 atom stereocenters. The summed E-state index contributed by atoms with van der Waals surface area (Å²) in [6, 6.07) is 18.9. The van der Waals surface area contributed by atoms with Crippen LogP contribution >= 0.6 is 0 Å². The smallest absolute Gasteiger partial charge is 0.337 e. The van der Waals surface area contributed by atoms with Gasteiger partial charge in [0.2, 0.25) is 5.75 Å². The summed E-state index contributed by atoms with van der Waals surface area (Å²) in [7, 11) is 1.30. The predicted molar refractivity (Wildman–Crippen MR) is 109 cm³/mol. The number of phenolic OH excluding ortho intramolecular Hbond substituents is 1. The minimum atomic E-state index is -0.619. The third-order valence-corrected chi connectivity index (χ3v) is 4.27. The zero-order valence-corrected chi connectivity index (χ0v) is 15.6. The Morgan fingerprint density at radius 1 is 1.10 bits per heavy atom. The van der Waals surface area contributed by atoms with Crippen LogP contribution in [-0.4, -0.2) is 29.3 Å². The maximum absolute atomic E-state index is 11.5. The quantitative estimate of drug-likeness (QED) is 0.290. The Morgan fingerprint density at radius 3 is 2.41 bits per heavy atom. The maximum atomic E-state index is 11.5. The third-order valence-electron chi connectivity index (χ3n) is 4.27. The molecule has 0 fully saturated rings. The number of methoxy groups -OCH3 is 1. The van der Waals surface area contributed by atoms with Crippen LogP contribution in [-0.2, 0) is 11.2 Å². The molecule has 7 heteroatoms. The lowest BCUT2D eigenvalue weighted by Crippen LogP contribution is -1.99. The molecule has 146 valence electrons. The Bertz CT molecular complexity index is 1060. The Kier molecular flexibility index (Phi) is 5.99. The first-order chi connectivity index (χ1) is 14.0. The highest BCUT2D eigenvalue weighted by Gasteiger charge is 2.18. The molecule has 1 N–H and O–H groups in total. The van der Waals surface area contributed by atoms with E-state index in [0.717, 1.165) is 5.56 Å². The fraction of sp³-hybridized carbons (Fsp3) is 0.0909. The van der Waals surface area contributed by atoms with Gasteiger partial charge in [0.25, 0.3) is 0 Å². The van der Waals surface area contributed by atoms with Gasteiger partial charge in [-0.3, -0.25) is 15.1 Å². The molecule has 0 aliphatic carbocycles. The molecule has 0 unspecified atom stereocenters. The van der Waals surface area contributed by atoms with Gasteiger partial charge < -0.3 is 9.84 Å². The van der Waals surface area contributed by atoms with Gasteiger partial charge in [-0.15, -0.1) is 0 Å². The number of carbonyl (C=O) groups is 1. The van der Waals surface area contributed by atoms with E-state index in [2.05, 4.69) is 9.73 Å². The molecule has 3 rings (SSSR count). The molecule has 0 heterocycles. The van der Waals surface area contributed by atoms with Crippen LogP contribution in [0.5, 0.6) is 5.75 Å². The minimum Gasteiger partial charge on any atom is -0.502 e. The SMILES string of the molecule is COC(=O)c1ccc(N=Cc2cc(Cc3ccccc3)cc([N+](=O)[O-])c2O)cc1. The lowest BCUT2D eigenvalue weighted by atomic mass is 10.0. The summed E-state index contributed by atoms with van der Waals surface area (Å²) < 4.78 is 4.64. The van der Waals surface area contributed by atoms with E-state index in [9.17, 15) is 20.0 Å². The Morgan fingerprint density at radius 2 is 1.79 bits per heavy atom. The van der Waals surface area contributed by atoms with Gasteiger partial charge in [-0.25, -0.2) is 4.79 Å². The van der Waals surface area contributed by atoms with Crippen molar-refractivity contribution in [1.82, 2.24) is 0 Å². The van der Waals surface area contributed by atoms with E-state index >= 15 is 0 Å². The average Bonchev–Trinajstić information content (AvgIpc) is 2.74. The lowest BCUT2D eigenvalue weighted by Gasteiger charge is -2.06. The molecule has 3 aromatic carbocycles. The number of nitrogens with zero attached hydrogens (tertiary/aromatic N) is 2. The van der Waals surface area contributed by atoms with Crippen molar-refractivity contribution in [1.29, 1.82) is 0 Å². The van der Waals surface area contributed by atoms with Crippen molar-refractivity contribution in [3.63, 3.8) is 0 Å². The highest BCUT2D eigenvalue weighted by Crippen LogP contribution is 2.31. The van der Waals surface area contributed by atoms with Gasteiger partial charge in [0.15, 0.2) is 0 Å². The van der Waals surface area contributed by atoms with E-state index in [1.807, 2.05) is 30.3 Å². The Labute approximate surface area is 167 Å². The number of rotatable bonds is 6. The number of phenols is 1. The first kappa shape index (κ1) is 19.8. The summed E-state index contributed by atoms with van der Waals surface area (Å²) in [5.74, 6) is -0.899. The monoisotopic (exact) mass is 390 g/mol. The van der Waals surface area contributed by atoms with Gasteiger partial charge in [0.1, 0.15) is 0 Å². The van der Waals surface area contributed by atoms with Crippen LogP contribution in [0.1, 0.15) is 27.0 Å². The Balaban J connectivity index is 1.92.